The van der Waals surface area contributed by atoms with Crippen LogP contribution in [0.25, 0.3) is 0 Å². The minimum atomic E-state index is -0.826. The Morgan fingerprint density at radius 1 is 1.25 bits per heavy atom. The van der Waals surface area contributed by atoms with Crippen molar-refractivity contribution >= 4 is 17.3 Å². The van der Waals surface area contributed by atoms with Gasteiger partial charge in [-0.1, -0.05) is 48.5 Å². The van der Waals surface area contributed by atoms with Crippen molar-refractivity contribution in [3.05, 3.63) is 89.2 Å². The van der Waals surface area contributed by atoms with Gasteiger partial charge in [-0.2, -0.15) is 0 Å². The average molecular weight is 349 g/mol. The lowest BCUT2D eigenvalue weighted by Crippen LogP contribution is -2.08. The molecule has 0 aliphatic heterocycles. The number of benzene rings is 2. The summed E-state index contributed by atoms with van der Waals surface area (Å²) in [6.07, 6.45) is 0.739. The first-order valence-electron chi connectivity index (χ1n) is 6.98. The molecule has 0 unspecified atom stereocenters. The second kappa shape index (κ2) is 8.26. The molecule has 24 heavy (non-hydrogen) atoms. The lowest BCUT2D eigenvalue weighted by molar-refractivity contribution is 0.304. The van der Waals surface area contributed by atoms with Crippen molar-refractivity contribution in [3.8, 4) is 5.75 Å². The molecule has 6 heteroatoms. The van der Waals surface area contributed by atoms with E-state index in [1.165, 1.54) is 12.1 Å². The third-order valence-electron chi connectivity index (χ3n) is 3.04. The number of nitrogens with two attached hydrogens (primary N) is 1. The summed E-state index contributed by atoms with van der Waals surface area (Å²) in [6.45, 7) is 3.59. The van der Waals surface area contributed by atoms with E-state index in [0.29, 0.717) is 0 Å². The Hall–Kier alpha value is -2.66. The average Bonchev–Trinajstić information content (AvgIpc) is 2.58. The van der Waals surface area contributed by atoms with Crippen LogP contribution in [-0.2, 0) is 6.61 Å². The molecule has 2 N–H and O–H groups in total. The van der Waals surface area contributed by atoms with E-state index in [1.54, 1.807) is 0 Å². The molecule has 0 amide bonds. The van der Waals surface area contributed by atoms with E-state index in [-0.39, 0.29) is 28.8 Å². The molecule has 0 aromatic heterocycles. The van der Waals surface area contributed by atoms with Gasteiger partial charge >= 0.3 is 0 Å². The number of ether oxygens (including phenoxy) is 1. The highest BCUT2D eigenvalue weighted by Gasteiger charge is 2.16. The Labute approximate surface area is 143 Å². The summed E-state index contributed by atoms with van der Waals surface area (Å²) >= 11 is 5.65. The Morgan fingerprint density at radius 3 is 2.58 bits per heavy atom. The molecular weight excluding hydrogens is 334 g/mol. The quantitative estimate of drug-likeness (QED) is 0.609. The minimum absolute atomic E-state index is 0.118. The predicted octanol–water partition coefficient (Wildman–Crippen LogP) is 4.67. The number of rotatable bonds is 6. The standard InChI is InChI=1S/C18H15ClF2N2O/c1-12(19)23-18(16(21)10-22)15-8-7-14(20)9-17(15)24-11-13-5-3-2-4-6-13/h2-10H,1,11,22H2/b16-10+,23-18-. The van der Waals surface area contributed by atoms with Crippen LogP contribution in [-0.4, -0.2) is 5.71 Å². The fourth-order valence-corrected chi connectivity index (χ4v) is 2.07. The van der Waals surface area contributed by atoms with Crippen molar-refractivity contribution in [2.24, 2.45) is 10.7 Å². The van der Waals surface area contributed by atoms with Crippen LogP contribution >= 0.6 is 11.6 Å². The van der Waals surface area contributed by atoms with E-state index in [0.717, 1.165) is 17.8 Å². The molecule has 2 aromatic rings. The fourth-order valence-electron chi connectivity index (χ4n) is 1.99. The Balaban J connectivity index is 2.40. The number of hydrogen-bond acceptors (Lipinski definition) is 3. The third-order valence-corrected chi connectivity index (χ3v) is 3.13. The zero-order chi connectivity index (χ0) is 17.5. The number of nitrogens with zero attached hydrogens (tertiary/aromatic N) is 1. The van der Waals surface area contributed by atoms with Crippen molar-refractivity contribution < 1.29 is 13.5 Å². The summed E-state index contributed by atoms with van der Waals surface area (Å²) < 4.78 is 33.3. The lowest BCUT2D eigenvalue weighted by atomic mass is 10.1. The molecular formula is C18H15ClF2N2O. The summed E-state index contributed by atoms with van der Waals surface area (Å²) in [5, 5.41) is -0.139. The SMILES string of the molecule is C=C(Cl)/N=C(\C(F)=C/N)c1ccc(F)cc1OCc1ccccc1. The Morgan fingerprint density at radius 2 is 1.96 bits per heavy atom. The summed E-state index contributed by atoms with van der Waals surface area (Å²) in [5.41, 5.74) is 6.14. The van der Waals surface area contributed by atoms with Crippen LogP contribution in [0, 0.1) is 5.82 Å². The maximum absolute atomic E-state index is 14.0. The number of hydrogen-bond donors (Lipinski definition) is 1. The van der Waals surface area contributed by atoms with E-state index in [9.17, 15) is 8.78 Å². The monoisotopic (exact) mass is 348 g/mol. The molecule has 0 aliphatic carbocycles. The summed E-state index contributed by atoms with van der Waals surface area (Å²) in [7, 11) is 0. The molecule has 0 saturated carbocycles. The van der Waals surface area contributed by atoms with Gasteiger partial charge in [-0.3, -0.25) is 0 Å². The zero-order valence-corrected chi connectivity index (χ0v) is 13.4. The first-order chi connectivity index (χ1) is 11.5. The van der Waals surface area contributed by atoms with Gasteiger partial charge in [0.1, 0.15) is 29.0 Å². The van der Waals surface area contributed by atoms with Gasteiger partial charge in [0.2, 0.25) is 0 Å². The van der Waals surface area contributed by atoms with Gasteiger partial charge in [0.15, 0.2) is 5.83 Å². The van der Waals surface area contributed by atoms with Gasteiger partial charge in [-0.15, -0.1) is 0 Å². The van der Waals surface area contributed by atoms with Crippen LogP contribution < -0.4 is 10.5 Å². The Kier molecular flexibility index (Phi) is 6.09. The maximum Gasteiger partial charge on any atom is 0.164 e. The molecule has 0 saturated heterocycles. The second-order valence-corrected chi connectivity index (χ2v) is 5.20. The molecule has 124 valence electrons. The minimum Gasteiger partial charge on any atom is -0.488 e. The molecule has 0 fully saturated rings. The first kappa shape index (κ1) is 17.7. The fraction of sp³-hybridized carbons (Fsp3) is 0.0556. The lowest BCUT2D eigenvalue weighted by Gasteiger charge is -2.13. The largest absolute Gasteiger partial charge is 0.488 e. The summed E-state index contributed by atoms with van der Waals surface area (Å²) in [5.74, 6) is -1.23. The van der Waals surface area contributed by atoms with Gasteiger partial charge < -0.3 is 10.5 Å². The topological polar surface area (TPSA) is 47.6 Å². The highest BCUT2D eigenvalue weighted by atomic mass is 35.5. The molecule has 0 heterocycles. The van der Waals surface area contributed by atoms with E-state index in [4.69, 9.17) is 22.1 Å². The van der Waals surface area contributed by atoms with Crippen molar-refractivity contribution in [2.75, 3.05) is 0 Å². The molecule has 0 aliphatic rings. The van der Waals surface area contributed by atoms with Gasteiger partial charge in [0.25, 0.3) is 0 Å². The summed E-state index contributed by atoms with van der Waals surface area (Å²) in [6, 6.07) is 12.9. The zero-order valence-electron chi connectivity index (χ0n) is 12.7. The van der Waals surface area contributed by atoms with Crippen LogP contribution in [0.1, 0.15) is 11.1 Å². The molecule has 0 radical (unpaired) electrons. The highest BCUT2D eigenvalue weighted by Crippen LogP contribution is 2.26. The van der Waals surface area contributed by atoms with Gasteiger partial charge in [-0.25, -0.2) is 13.8 Å². The smallest absolute Gasteiger partial charge is 0.164 e. The van der Waals surface area contributed by atoms with E-state index >= 15 is 0 Å². The van der Waals surface area contributed by atoms with Crippen LogP contribution in [0.15, 0.2) is 77.3 Å². The predicted molar refractivity (Wildman–Crippen MR) is 92.1 cm³/mol. The van der Waals surface area contributed by atoms with Gasteiger partial charge in [-0.05, 0) is 17.7 Å². The second-order valence-electron chi connectivity index (χ2n) is 4.77. The van der Waals surface area contributed by atoms with Crippen LogP contribution in [0.4, 0.5) is 8.78 Å². The number of halogens is 3. The van der Waals surface area contributed by atoms with Crippen molar-refractivity contribution in [1.29, 1.82) is 0 Å². The van der Waals surface area contributed by atoms with Crippen molar-refractivity contribution in [2.45, 2.75) is 6.61 Å². The van der Waals surface area contributed by atoms with Crippen LogP contribution in [0.2, 0.25) is 0 Å². The molecule has 2 aromatic carbocycles. The van der Waals surface area contributed by atoms with E-state index in [1.807, 2.05) is 30.3 Å². The summed E-state index contributed by atoms with van der Waals surface area (Å²) in [4.78, 5) is 3.83. The Bertz CT molecular complexity index is 789. The third kappa shape index (κ3) is 4.67. The molecule has 0 atom stereocenters. The van der Waals surface area contributed by atoms with Crippen LogP contribution in [0.3, 0.4) is 0 Å². The van der Waals surface area contributed by atoms with Crippen LogP contribution in [0.5, 0.6) is 5.75 Å². The molecule has 3 nitrogen and oxygen atoms in total. The molecule has 0 spiro atoms. The molecule has 2 rings (SSSR count). The number of allylic oxidation sites excluding steroid dienone is 1. The van der Waals surface area contributed by atoms with Gasteiger partial charge in [0, 0.05) is 17.8 Å². The van der Waals surface area contributed by atoms with Gasteiger partial charge in [0.05, 0.1) is 0 Å². The first-order valence-corrected chi connectivity index (χ1v) is 7.36. The molecule has 0 bridgehead atoms. The normalized spacial score (nSPS) is 12.1. The van der Waals surface area contributed by atoms with Crippen molar-refractivity contribution in [3.63, 3.8) is 0 Å². The number of aliphatic imine (C=N–C) groups is 1. The highest BCUT2D eigenvalue weighted by molar-refractivity contribution is 6.30. The van der Waals surface area contributed by atoms with E-state index < -0.39 is 11.6 Å². The van der Waals surface area contributed by atoms with E-state index in [2.05, 4.69) is 11.6 Å². The van der Waals surface area contributed by atoms with Crippen molar-refractivity contribution in [1.82, 2.24) is 0 Å². The maximum atomic E-state index is 14.0.